The Kier molecular flexibility index (Phi) is 3.89. The van der Waals surface area contributed by atoms with Crippen molar-refractivity contribution in [2.24, 2.45) is 5.73 Å². The van der Waals surface area contributed by atoms with Gasteiger partial charge in [-0.3, -0.25) is 15.5 Å². The molecule has 6 heteroatoms. The zero-order chi connectivity index (χ0) is 15.6. The topological polar surface area (TPSA) is 102 Å². The van der Waals surface area contributed by atoms with Crippen molar-refractivity contribution in [2.75, 3.05) is 0 Å². The van der Waals surface area contributed by atoms with Crippen molar-refractivity contribution in [3.63, 3.8) is 0 Å². The van der Waals surface area contributed by atoms with Gasteiger partial charge in [0.1, 0.15) is 17.3 Å². The van der Waals surface area contributed by atoms with Gasteiger partial charge in [0.05, 0.1) is 16.6 Å². The molecule has 0 aliphatic heterocycles. The maximum atomic E-state index is 10.8. The van der Waals surface area contributed by atoms with E-state index in [2.05, 4.69) is 0 Å². The van der Waals surface area contributed by atoms with Crippen LogP contribution in [-0.2, 0) is 0 Å². The van der Waals surface area contributed by atoms with Crippen LogP contribution in [0.2, 0.25) is 0 Å². The van der Waals surface area contributed by atoms with Gasteiger partial charge < -0.3 is 10.5 Å². The van der Waals surface area contributed by atoms with Crippen molar-refractivity contribution in [3.8, 4) is 11.5 Å². The highest BCUT2D eigenvalue weighted by Gasteiger charge is 2.13. The number of amidine groups is 1. The SMILES string of the molecule is Cc1ccc(C(=N)N)c(Oc2cc([N+](=O)[O-])ccc2C)c1. The third kappa shape index (κ3) is 3.17. The van der Waals surface area contributed by atoms with Gasteiger partial charge in [-0.1, -0.05) is 6.07 Å². The zero-order valence-corrected chi connectivity index (χ0v) is 11.7. The maximum Gasteiger partial charge on any atom is 0.273 e. The first-order chi connectivity index (χ1) is 9.88. The second-order valence-electron chi connectivity index (χ2n) is 4.72. The van der Waals surface area contributed by atoms with Crippen LogP contribution in [0, 0.1) is 29.4 Å². The van der Waals surface area contributed by atoms with Gasteiger partial charge in [-0.15, -0.1) is 0 Å². The monoisotopic (exact) mass is 285 g/mol. The van der Waals surface area contributed by atoms with E-state index < -0.39 is 4.92 Å². The summed E-state index contributed by atoms with van der Waals surface area (Å²) in [6.45, 7) is 3.68. The fourth-order valence-corrected chi connectivity index (χ4v) is 1.87. The summed E-state index contributed by atoms with van der Waals surface area (Å²) in [7, 11) is 0. The highest BCUT2D eigenvalue weighted by Crippen LogP contribution is 2.31. The van der Waals surface area contributed by atoms with Gasteiger partial charge in [0.2, 0.25) is 0 Å². The van der Waals surface area contributed by atoms with E-state index in [1.807, 2.05) is 13.0 Å². The number of ether oxygens (including phenoxy) is 1. The molecule has 0 saturated carbocycles. The number of nitrogens with two attached hydrogens (primary N) is 1. The molecule has 0 bridgehead atoms. The van der Waals surface area contributed by atoms with Crippen molar-refractivity contribution >= 4 is 11.5 Å². The van der Waals surface area contributed by atoms with Gasteiger partial charge in [0.25, 0.3) is 5.69 Å². The number of nitrogens with one attached hydrogen (secondary N) is 1. The third-order valence-electron chi connectivity index (χ3n) is 3.03. The molecule has 2 rings (SSSR count). The number of non-ortho nitro benzene ring substituents is 1. The normalized spacial score (nSPS) is 10.2. The third-order valence-corrected chi connectivity index (χ3v) is 3.03. The van der Waals surface area contributed by atoms with Crippen LogP contribution in [0.3, 0.4) is 0 Å². The maximum absolute atomic E-state index is 10.8. The Hall–Kier alpha value is -2.89. The minimum Gasteiger partial charge on any atom is -0.456 e. The Morgan fingerprint density at radius 2 is 1.90 bits per heavy atom. The number of nitro benzene ring substituents is 1. The summed E-state index contributed by atoms with van der Waals surface area (Å²) in [6, 6.07) is 9.67. The summed E-state index contributed by atoms with van der Waals surface area (Å²) >= 11 is 0. The fourth-order valence-electron chi connectivity index (χ4n) is 1.87. The van der Waals surface area contributed by atoms with E-state index in [-0.39, 0.29) is 11.5 Å². The number of benzene rings is 2. The predicted octanol–water partition coefficient (Wildman–Crippen LogP) is 3.29. The molecule has 0 aromatic heterocycles. The lowest BCUT2D eigenvalue weighted by Crippen LogP contribution is -2.12. The number of nitrogen functional groups attached to an aromatic ring is 1. The van der Waals surface area contributed by atoms with E-state index >= 15 is 0 Å². The largest absolute Gasteiger partial charge is 0.456 e. The van der Waals surface area contributed by atoms with Crippen molar-refractivity contribution in [3.05, 3.63) is 63.2 Å². The lowest BCUT2D eigenvalue weighted by atomic mass is 10.1. The second kappa shape index (κ2) is 5.62. The molecular weight excluding hydrogens is 270 g/mol. The molecule has 6 nitrogen and oxygen atoms in total. The van der Waals surface area contributed by atoms with Crippen LogP contribution in [0.1, 0.15) is 16.7 Å². The standard InChI is InChI=1S/C15H15N3O3/c1-9-3-6-12(15(16)17)14(7-9)21-13-8-11(18(19)20)5-4-10(13)2/h3-8H,1-2H3,(H3,16,17). The Labute approximate surface area is 121 Å². The fraction of sp³-hybridized carbons (Fsp3) is 0.133. The quantitative estimate of drug-likeness (QED) is 0.389. The first kappa shape index (κ1) is 14.5. The van der Waals surface area contributed by atoms with Gasteiger partial charge in [-0.25, -0.2) is 0 Å². The summed E-state index contributed by atoms with van der Waals surface area (Å²) in [5, 5.41) is 18.4. The summed E-state index contributed by atoms with van der Waals surface area (Å²) in [4.78, 5) is 10.4. The minimum atomic E-state index is -0.478. The highest BCUT2D eigenvalue weighted by molar-refractivity contribution is 5.97. The first-order valence-electron chi connectivity index (χ1n) is 6.26. The molecule has 0 unspecified atom stereocenters. The number of nitrogens with zero attached hydrogens (tertiary/aromatic N) is 1. The molecule has 0 radical (unpaired) electrons. The number of hydrogen-bond donors (Lipinski definition) is 2. The molecule has 0 aliphatic rings. The predicted molar refractivity (Wildman–Crippen MR) is 80.1 cm³/mol. The Balaban J connectivity index is 2.47. The van der Waals surface area contributed by atoms with Gasteiger partial charge in [-0.2, -0.15) is 0 Å². The molecule has 0 fully saturated rings. The van der Waals surface area contributed by atoms with Crippen molar-refractivity contribution in [1.29, 1.82) is 5.41 Å². The summed E-state index contributed by atoms with van der Waals surface area (Å²) in [6.07, 6.45) is 0. The van der Waals surface area contributed by atoms with Crippen molar-refractivity contribution in [1.82, 2.24) is 0 Å². The number of hydrogen-bond acceptors (Lipinski definition) is 4. The summed E-state index contributed by atoms with van der Waals surface area (Å²) in [5.41, 5.74) is 7.63. The average molecular weight is 285 g/mol. The summed E-state index contributed by atoms with van der Waals surface area (Å²) < 4.78 is 5.75. The van der Waals surface area contributed by atoms with E-state index in [1.165, 1.54) is 12.1 Å². The molecule has 0 saturated heterocycles. The highest BCUT2D eigenvalue weighted by atomic mass is 16.6. The van der Waals surface area contributed by atoms with E-state index in [9.17, 15) is 10.1 Å². The van der Waals surface area contributed by atoms with Crippen LogP contribution in [0.25, 0.3) is 0 Å². The lowest BCUT2D eigenvalue weighted by Gasteiger charge is -2.12. The zero-order valence-electron chi connectivity index (χ0n) is 11.7. The molecule has 0 aliphatic carbocycles. The van der Waals surface area contributed by atoms with Crippen molar-refractivity contribution < 1.29 is 9.66 Å². The smallest absolute Gasteiger partial charge is 0.273 e. The van der Waals surface area contributed by atoms with E-state index in [0.717, 1.165) is 11.1 Å². The molecule has 0 amide bonds. The second-order valence-corrected chi connectivity index (χ2v) is 4.72. The van der Waals surface area contributed by atoms with E-state index in [1.54, 1.807) is 25.1 Å². The van der Waals surface area contributed by atoms with Crippen LogP contribution in [0.5, 0.6) is 11.5 Å². The van der Waals surface area contributed by atoms with E-state index in [0.29, 0.717) is 17.1 Å². The van der Waals surface area contributed by atoms with Gasteiger partial charge in [-0.05, 0) is 43.2 Å². The minimum absolute atomic E-state index is 0.0485. The first-order valence-corrected chi connectivity index (χ1v) is 6.26. The van der Waals surface area contributed by atoms with Crippen LogP contribution in [-0.4, -0.2) is 10.8 Å². The molecule has 2 aromatic carbocycles. The Morgan fingerprint density at radius 3 is 2.52 bits per heavy atom. The summed E-state index contributed by atoms with van der Waals surface area (Å²) in [5.74, 6) is 0.663. The molecule has 0 spiro atoms. The van der Waals surface area contributed by atoms with Crippen LogP contribution >= 0.6 is 0 Å². The number of nitro groups is 1. The molecule has 21 heavy (non-hydrogen) atoms. The molecule has 0 atom stereocenters. The van der Waals surface area contributed by atoms with Gasteiger partial charge in [0, 0.05) is 6.07 Å². The van der Waals surface area contributed by atoms with Crippen molar-refractivity contribution in [2.45, 2.75) is 13.8 Å². The Morgan fingerprint density at radius 1 is 1.19 bits per heavy atom. The van der Waals surface area contributed by atoms with Gasteiger partial charge in [0.15, 0.2) is 0 Å². The van der Waals surface area contributed by atoms with Crippen LogP contribution < -0.4 is 10.5 Å². The van der Waals surface area contributed by atoms with E-state index in [4.69, 9.17) is 15.9 Å². The molecule has 2 aromatic rings. The molecule has 0 heterocycles. The number of rotatable bonds is 4. The molecule has 108 valence electrons. The Bertz CT molecular complexity index is 726. The average Bonchev–Trinajstić information content (AvgIpc) is 2.40. The molecular formula is C15H15N3O3. The number of aryl methyl sites for hydroxylation is 2. The van der Waals surface area contributed by atoms with Gasteiger partial charge >= 0.3 is 0 Å². The lowest BCUT2D eigenvalue weighted by molar-refractivity contribution is -0.384. The van der Waals surface area contributed by atoms with Crippen LogP contribution in [0.15, 0.2) is 36.4 Å². The van der Waals surface area contributed by atoms with Crippen LogP contribution in [0.4, 0.5) is 5.69 Å². The molecule has 3 N–H and O–H groups in total.